The SMILES string of the molecule is CC(Sc1ncnc2nc[nH]c12)C(=O)Nc1sc(-c2ccccc2)cc1C(N)=O. The molecule has 29 heavy (non-hydrogen) atoms. The molecule has 1 unspecified atom stereocenters. The molecule has 8 nitrogen and oxygen atoms in total. The number of anilines is 1. The van der Waals surface area contributed by atoms with Crippen molar-refractivity contribution in [2.75, 3.05) is 5.32 Å². The molecule has 0 aliphatic heterocycles. The second kappa shape index (κ2) is 8.02. The predicted molar refractivity (Wildman–Crippen MR) is 114 cm³/mol. The first-order valence-electron chi connectivity index (χ1n) is 8.63. The third-order valence-corrected chi connectivity index (χ3v) is 6.34. The number of benzene rings is 1. The monoisotopic (exact) mass is 424 g/mol. The molecule has 4 aromatic rings. The van der Waals surface area contributed by atoms with Crippen molar-refractivity contribution in [1.82, 2.24) is 19.9 Å². The average molecular weight is 425 g/mol. The first-order chi connectivity index (χ1) is 14.0. The van der Waals surface area contributed by atoms with Gasteiger partial charge in [0.25, 0.3) is 5.91 Å². The third-order valence-electron chi connectivity index (χ3n) is 4.14. The molecule has 0 spiro atoms. The van der Waals surface area contributed by atoms with E-state index in [4.69, 9.17) is 5.73 Å². The van der Waals surface area contributed by atoms with Crippen LogP contribution in [0.2, 0.25) is 0 Å². The maximum atomic E-state index is 12.8. The number of aromatic nitrogens is 4. The van der Waals surface area contributed by atoms with E-state index in [0.717, 1.165) is 10.4 Å². The lowest BCUT2D eigenvalue weighted by atomic mass is 10.1. The number of imidazole rings is 1. The second-order valence-corrected chi connectivity index (χ2v) is 8.49. The molecule has 0 saturated carbocycles. The minimum atomic E-state index is -0.589. The summed E-state index contributed by atoms with van der Waals surface area (Å²) in [5, 5.41) is 3.42. The Kier molecular flexibility index (Phi) is 5.28. The largest absolute Gasteiger partial charge is 0.366 e. The van der Waals surface area contributed by atoms with E-state index in [2.05, 4.69) is 25.3 Å². The summed E-state index contributed by atoms with van der Waals surface area (Å²) in [7, 11) is 0. The summed E-state index contributed by atoms with van der Waals surface area (Å²) in [6, 6.07) is 11.3. The Hall–Kier alpha value is -3.24. The molecule has 3 heterocycles. The van der Waals surface area contributed by atoms with Gasteiger partial charge in [0.1, 0.15) is 21.9 Å². The fourth-order valence-electron chi connectivity index (χ4n) is 2.68. The number of thioether (sulfide) groups is 1. The van der Waals surface area contributed by atoms with Gasteiger partial charge in [-0.05, 0) is 18.6 Å². The summed E-state index contributed by atoms with van der Waals surface area (Å²) in [6.45, 7) is 1.76. The fraction of sp³-hybridized carbons (Fsp3) is 0.105. The van der Waals surface area contributed by atoms with Crippen molar-refractivity contribution in [2.45, 2.75) is 17.2 Å². The van der Waals surface area contributed by atoms with Gasteiger partial charge in [-0.25, -0.2) is 15.0 Å². The summed E-state index contributed by atoms with van der Waals surface area (Å²) in [5.74, 6) is -0.848. The van der Waals surface area contributed by atoms with Crippen LogP contribution in [-0.2, 0) is 4.79 Å². The highest BCUT2D eigenvalue weighted by molar-refractivity contribution is 8.00. The van der Waals surface area contributed by atoms with Crippen LogP contribution in [0, 0.1) is 0 Å². The third kappa shape index (κ3) is 3.98. The van der Waals surface area contributed by atoms with E-state index in [1.165, 1.54) is 35.8 Å². The number of aromatic amines is 1. The molecular weight excluding hydrogens is 408 g/mol. The van der Waals surface area contributed by atoms with Crippen molar-refractivity contribution < 1.29 is 9.59 Å². The number of nitrogens with zero attached hydrogens (tertiary/aromatic N) is 3. The first-order valence-corrected chi connectivity index (χ1v) is 10.3. The number of H-pyrrole nitrogens is 1. The molecule has 0 fully saturated rings. The van der Waals surface area contributed by atoms with Crippen LogP contribution in [0.15, 0.2) is 54.1 Å². The normalized spacial score (nSPS) is 12.0. The van der Waals surface area contributed by atoms with Crippen molar-refractivity contribution in [2.24, 2.45) is 5.73 Å². The Morgan fingerprint density at radius 2 is 2.00 bits per heavy atom. The van der Waals surface area contributed by atoms with Gasteiger partial charge in [-0.3, -0.25) is 9.59 Å². The highest BCUT2D eigenvalue weighted by Crippen LogP contribution is 2.36. The zero-order valence-corrected chi connectivity index (χ0v) is 16.9. The van der Waals surface area contributed by atoms with Crippen LogP contribution in [0.3, 0.4) is 0 Å². The number of primary amides is 1. The molecule has 10 heteroatoms. The highest BCUT2D eigenvalue weighted by Gasteiger charge is 2.22. The number of carbonyl (C=O) groups excluding carboxylic acids is 2. The van der Waals surface area contributed by atoms with E-state index in [1.807, 2.05) is 30.3 Å². The Bertz CT molecular complexity index is 1190. The zero-order chi connectivity index (χ0) is 20.4. The van der Waals surface area contributed by atoms with Gasteiger partial charge in [-0.1, -0.05) is 42.1 Å². The average Bonchev–Trinajstić information content (AvgIpc) is 3.36. The molecule has 4 rings (SSSR count). The van der Waals surface area contributed by atoms with Crippen LogP contribution in [0.4, 0.5) is 5.00 Å². The van der Waals surface area contributed by atoms with Crippen molar-refractivity contribution in [3.63, 3.8) is 0 Å². The van der Waals surface area contributed by atoms with Crippen LogP contribution < -0.4 is 11.1 Å². The van der Waals surface area contributed by atoms with Gasteiger partial charge in [0, 0.05) is 4.88 Å². The standard InChI is InChI=1S/C19H16N6O2S2/c1-10(28-19-14-16(22-8-21-14)23-9-24-19)17(27)25-18-12(15(20)26)7-13(29-18)11-5-3-2-4-6-11/h2-10H,1H3,(H2,20,26)(H,25,27)(H,21,22,23,24). The zero-order valence-electron chi connectivity index (χ0n) is 15.2. The lowest BCUT2D eigenvalue weighted by molar-refractivity contribution is -0.115. The van der Waals surface area contributed by atoms with Gasteiger partial charge in [-0.15, -0.1) is 11.3 Å². The Morgan fingerprint density at radius 1 is 1.21 bits per heavy atom. The van der Waals surface area contributed by atoms with E-state index in [0.29, 0.717) is 21.2 Å². The minimum absolute atomic E-state index is 0.259. The molecule has 0 aliphatic rings. The number of hydrogen-bond acceptors (Lipinski definition) is 7. The highest BCUT2D eigenvalue weighted by atomic mass is 32.2. The summed E-state index contributed by atoms with van der Waals surface area (Å²) in [5.41, 5.74) is 7.97. The van der Waals surface area contributed by atoms with Crippen LogP contribution in [-0.4, -0.2) is 37.0 Å². The molecular formula is C19H16N6O2S2. The Morgan fingerprint density at radius 3 is 2.76 bits per heavy atom. The van der Waals surface area contributed by atoms with Crippen LogP contribution in [0.25, 0.3) is 21.6 Å². The summed E-state index contributed by atoms with van der Waals surface area (Å²) < 4.78 is 0. The van der Waals surface area contributed by atoms with Crippen molar-refractivity contribution in [3.8, 4) is 10.4 Å². The van der Waals surface area contributed by atoms with Crippen molar-refractivity contribution in [1.29, 1.82) is 0 Å². The van der Waals surface area contributed by atoms with Crippen LogP contribution in [0.1, 0.15) is 17.3 Å². The summed E-state index contributed by atoms with van der Waals surface area (Å²) in [6.07, 6.45) is 2.94. The molecule has 0 bridgehead atoms. The van der Waals surface area contributed by atoms with Crippen molar-refractivity contribution >= 4 is 51.1 Å². The second-order valence-electron chi connectivity index (χ2n) is 6.11. The molecule has 0 radical (unpaired) electrons. The van der Waals surface area contributed by atoms with E-state index >= 15 is 0 Å². The van der Waals surface area contributed by atoms with Crippen molar-refractivity contribution in [3.05, 3.63) is 54.6 Å². The number of fused-ring (bicyclic) bond motifs is 1. The smallest absolute Gasteiger partial charge is 0.251 e. The number of nitrogens with one attached hydrogen (secondary N) is 2. The maximum absolute atomic E-state index is 12.8. The molecule has 0 saturated heterocycles. The van der Waals surface area contributed by atoms with E-state index in [1.54, 1.807) is 13.0 Å². The van der Waals surface area contributed by atoms with Gasteiger partial charge in [0.2, 0.25) is 5.91 Å². The lowest BCUT2D eigenvalue weighted by Crippen LogP contribution is -2.23. The van der Waals surface area contributed by atoms with Crippen LogP contribution in [0.5, 0.6) is 0 Å². The van der Waals surface area contributed by atoms with Gasteiger partial charge in [0.15, 0.2) is 5.65 Å². The van der Waals surface area contributed by atoms with E-state index < -0.39 is 11.2 Å². The molecule has 1 aromatic carbocycles. The minimum Gasteiger partial charge on any atom is -0.366 e. The Labute approximate surface area is 174 Å². The number of carbonyl (C=O) groups is 2. The lowest BCUT2D eigenvalue weighted by Gasteiger charge is -2.11. The summed E-state index contributed by atoms with van der Waals surface area (Å²) >= 11 is 2.59. The van der Waals surface area contributed by atoms with E-state index in [-0.39, 0.29) is 11.5 Å². The van der Waals surface area contributed by atoms with E-state index in [9.17, 15) is 9.59 Å². The number of nitrogens with two attached hydrogens (primary N) is 1. The quantitative estimate of drug-likeness (QED) is 0.322. The number of amides is 2. The van der Waals surface area contributed by atoms with Gasteiger partial charge in [-0.2, -0.15) is 0 Å². The first kappa shape index (κ1) is 19.1. The number of hydrogen-bond donors (Lipinski definition) is 3. The molecule has 2 amide bonds. The summed E-state index contributed by atoms with van der Waals surface area (Å²) in [4.78, 5) is 40.9. The Balaban J connectivity index is 1.55. The topological polar surface area (TPSA) is 127 Å². The number of thiophene rings is 1. The van der Waals surface area contributed by atoms with Gasteiger partial charge >= 0.3 is 0 Å². The van der Waals surface area contributed by atoms with Crippen LogP contribution >= 0.6 is 23.1 Å². The number of rotatable bonds is 6. The van der Waals surface area contributed by atoms with Gasteiger partial charge < -0.3 is 16.0 Å². The predicted octanol–water partition coefficient (Wildman–Crippen LogP) is 3.30. The molecule has 0 aliphatic carbocycles. The fourth-order valence-corrected chi connectivity index (χ4v) is 4.63. The molecule has 146 valence electrons. The maximum Gasteiger partial charge on any atom is 0.251 e. The molecule has 1 atom stereocenters. The molecule has 3 aromatic heterocycles. The molecule has 4 N–H and O–H groups in total. The van der Waals surface area contributed by atoms with Gasteiger partial charge in [0.05, 0.1) is 17.1 Å².